The van der Waals surface area contributed by atoms with E-state index in [0.29, 0.717) is 17.2 Å². The molecule has 8 heteroatoms. The van der Waals surface area contributed by atoms with Gasteiger partial charge in [0.05, 0.1) is 25.1 Å². The molecule has 2 aromatic heterocycles. The van der Waals surface area contributed by atoms with E-state index in [9.17, 15) is 14.4 Å². The summed E-state index contributed by atoms with van der Waals surface area (Å²) in [5.74, 6) is -0.0999. The highest BCUT2D eigenvalue weighted by atomic mass is 32.2. The van der Waals surface area contributed by atoms with E-state index in [0.717, 1.165) is 33.8 Å². The van der Waals surface area contributed by atoms with E-state index >= 15 is 0 Å². The first-order valence-corrected chi connectivity index (χ1v) is 11.4. The maximum absolute atomic E-state index is 13.0. The van der Waals surface area contributed by atoms with Gasteiger partial charge in [-0.15, -0.1) is 0 Å². The molecule has 170 valence electrons. The molecule has 0 atom stereocenters. The van der Waals surface area contributed by atoms with E-state index in [1.54, 1.807) is 18.2 Å². The molecule has 1 fully saturated rings. The number of aromatic nitrogens is 1. The Morgan fingerprint density at radius 2 is 1.76 bits per heavy atom. The maximum atomic E-state index is 13.0. The molecule has 7 nitrogen and oxygen atoms in total. The van der Waals surface area contributed by atoms with Gasteiger partial charge in [0.15, 0.2) is 0 Å². The standard InChI is InChI=1S/C26H20N2O5S/c1-32-25(30)22-12-11-19(33-22)16-27-15-18(20-9-5-6-10-21(20)27)13-23-24(29)28(26(31)34-23)14-17-7-3-2-4-8-17/h2-13,15H,14,16H2,1H3/b23-13-. The third kappa shape index (κ3) is 4.15. The number of hydrogen-bond donors (Lipinski definition) is 0. The van der Waals surface area contributed by atoms with Crippen LogP contribution in [-0.4, -0.2) is 33.7 Å². The van der Waals surface area contributed by atoms with Crippen LogP contribution in [0.5, 0.6) is 0 Å². The molecular weight excluding hydrogens is 452 g/mol. The van der Waals surface area contributed by atoms with Gasteiger partial charge in [-0.05, 0) is 41.6 Å². The van der Waals surface area contributed by atoms with Gasteiger partial charge in [0.1, 0.15) is 5.76 Å². The van der Waals surface area contributed by atoms with Crippen LogP contribution in [0.25, 0.3) is 17.0 Å². The van der Waals surface area contributed by atoms with E-state index in [4.69, 9.17) is 9.15 Å². The number of amides is 2. The maximum Gasteiger partial charge on any atom is 0.373 e. The topological polar surface area (TPSA) is 81.8 Å². The van der Waals surface area contributed by atoms with Crippen molar-refractivity contribution in [2.75, 3.05) is 7.11 Å². The molecule has 3 heterocycles. The Balaban J connectivity index is 1.44. The predicted molar refractivity (Wildman–Crippen MR) is 129 cm³/mol. The number of rotatable bonds is 6. The average Bonchev–Trinajstić information content (AvgIpc) is 3.53. The second-order valence-corrected chi connectivity index (χ2v) is 8.73. The van der Waals surface area contributed by atoms with Crippen LogP contribution in [0.4, 0.5) is 4.79 Å². The minimum atomic E-state index is -0.532. The molecule has 1 aliphatic heterocycles. The molecule has 1 saturated heterocycles. The Labute approximate surface area is 199 Å². The van der Waals surface area contributed by atoms with Crippen molar-refractivity contribution in [2.45, 2.75) is 13.1 Å². The number of furan rings is 1. The Hall–Kier alpha value is -4.04. The van der Waals surface area contributed by atoms with Crippen LogP contribution in [0, 0.1) is 0 Å². The number of carbonyl (C=O) groups is 3. The quantitative estimate of drug-likeness (QED) is 0.280. The highest BCUT2D eigenvalue weighted by Crippen LogP contribution is 2.35. The molecule has 34 heavy (non-hydrogen) atoms. The van der Waals surface area contributed by atoms with Gasteiger partial charge in [-0.3, -0.25) is 14.5 Å². The zero-order valence-corrected chi connectivity index (χ0v) is 19.1. The number of carbonyl (C=O) groups excluding carboxylic acids is 3. The number of hydrogen-bond acceptors (Lipinski definition) is 6. The van der Waals surface area contributed by atoms with Gasteiger partial charge in [-0.2, -0.15) is 0 Å². The van der Waals surface area contributed by atoms with Crippen LogP contribution in [0.3, 0.4) is 0 Å². The summed E-state index contributed by atoms with van der Waals surface area (Å²) in [4.78, 5) is 38.9. The van der Waals surface area contributed by atoms with E-state index in [1.165, 1.54) is 12.0 Å². The van der Waals surface area contributed by atoms with Gasteiger partial charge in [0.25, 0.3) is 11.1 Å². The first-order chi connectivity index (χ1) is 16.5. The lowest BCUT2D eigenvalue weighted by molar-refractivity contribution is -0.123. The summed E-state index contributed by atoms with van der Waals surface area (Å²) in [5.41, 5.74) is 2.65. The summed E-state index contributed by atoms with van der Waals surface area (Å²) in [5, 5.41) is 0.659. The summed E-state index contributed by atoms with van der Waals surface area (Å²) in [7, 11) is 1.30. The summed E-state index contributed by atoms with van der Waals surface area (Å²) in [6.45, 7) is 0.631. The van der Waals surface area contributed by atoms with E-state index in [1.807, 2.05) is 65.4 Å². The van der Waals surface area contributed by atoms with Crippen molar-refractivity contribution in [2.24, 2.45) is 0 Å². The molecule has 0 saturated carbocycles. The number of fused-ring (bicyclic) bond motifs is 1. The zero-order valence-electron chi connectivity index (χ0n) is 18.3. The van der Waals surface area contributed by atoms with Crippen molar-refractivity contribution in [1.29, 1.82) is 0 Å². The summed E-state index contributed by atoms with van der Waals surface area (Å²) >= 11 is 0.946. The number of para-hydroxylation sites is 1. The smallest absolute Gasteiger partial charge is 0.373 e. The van der Waals surface area contributed by atoms with E-state index in [-0.39, 0.29) is 23.5 Å². The number of esters is 1. The second kappa shape index (κ2) is 9.07. The van der Waals surface area contributed by atoms with Crippen LogP contribution >= 0.6 is 11.8 Å². The lowest BCUT2D eigenvalue weighted by Crippen LogP contribution is -2.27. The van der Waals surface area contributed by atoms with E-state index in [2.05, 4.69) is 0 Å². The largest absolute Gasteiger partial charge is 0.463 e. The van der Waals surface area contributed by atoms with Gasteiger partial charge in [0.2, 0.25) is 5.76 Å². The van der Waals surface area contributed by atoms with Gasteiger partial charge in [-0.25, -0.2) is 4.79 Å². The first-order valence-electron chi connectivity index (χ1n) is 10.6. The highest BCUT2D eigenvalue weighted by molar-refractivity contribution is 8.18. The molecule has 4 aromatic rings. The van der Waals surface area contributed by atoms with Crippen LogP contribution in [-0.2, 0) is 22.6 Å². The number of thioether (sulfide) groups is 1. The predicted octanol–water partition coefficient (Wildman–Crippen LogP) is 5.31. The normalized spacial score (nSPS) is 15.0. The third-order valence-electron chi connectivity index (χ3n) is 5.54. The second-order valence-electron chi connectivity index (χ2n) is 7.74. The monoisotopic (exact) mass is 472 g/mol. The highest BCUT2D eigenvalue weighted by Gasteiger charge is 2.35. The minimum Gasteiger partial charge on any atom is -0.463 e. The fraction of sp³-hybridized carbons (Fsp3) is 0.115. The lowest BCUT2D eigenvalue weighted by Gasteiger charge is -2.12. The number of methoxy groups -OCH3 is 1. The van der Waals surface area contributed by atoms with Crippen molar-refractivity contribution >= 4 is 45.9 Å². The fourth-order valence-electron chi connectivity index (χ4n) is 3.91. The first kappa shape index (κ1) is 21.8. The van der Waals surface area contributed by atoms with Crippen molar-refractivity contribution in [3.63, 3.8) is 0 Å². The van der Waals surface area contributed by atoms with Crippen LogP contribution in [0.15, 0.2) is 82.2 Å². The summed E-state index contributed by atoms with van der Waals surface area (Å²) in [6.07, 6.45) is 3.67. The third-order valence-corrected chi connectivity index (χ3v) is 6.44. The fourth-order valence-corrected chi connectivity index (χ4v) is 4.73. The Bertz CT molecular complexity index is 1430. The van der Waals surface area contributed by atoms with Gasteiger partial charge < -0.3 is 13.7 Å². The number of imide groups is 1. The Morgan fingerprint density at radius 1 is 1.00 bits per heavy atom. The number of benzene rings is 2. The van der Waals surface area contributed by atoms with Crippen molar-refractivity contribution in [3.05, 3.63) is 100 Å². The average molecular weight is 473 g/mol. The van der Waals surface area contributed by atoms with Gasteiger partial charge in [0, 0.05) is 22.7 Å². The molecule has 1 aliphatic rings. The van der Waals surface area contributed by atoms with Crippen molar-refractivity contribution in [3.8, 4) is 0 Å². The van der Waals surface area contributed by atoms with Crippen molar-refractivity contribution < 1.29 is 23.5 Å². The molecule has 2 amide bonds. The van der Waals surface area contributed by atoms with Gasteiger partial charge in [-0.1, -0.05) is 48.5 Å². The summed E-state index contributed by atoms with van der Waals surface area (Å²) in [6, 6.07) is 20.5. The molecule has 0 aliphatic carbocycles. The van der Waals surface area contributed by atoms with Crippen LogP contribution in [0.2, 0.25) is 0 Å². The van der Waals surface area contributed by atoms with Crippen LogP contribution in [0.1, 0.15) is 27.4 Å². The lowest BCUT2D eigenvalue weighted by atomic mass is 10.1. The molecule has 0 radical (unpaired) electrons. The molecule has 0 spiro atoms. The molecule has 0 unspecified atom stereocenters. The summed E-state index contributed by atoms with van der Waals surface area (Å²) < 4.78 is 12.3. The Morgan fingerprint density at radius 3 is 2.56 bits per heavy atom. The van der Waals surface area contributed by atoms with Crippen LogP contribution < -0.4 is 0 Å². The zero-order chi connectivity index (χ0) is 23.7. The molecule has 0 bridgehead atoms. The van der Waals surface area contributed by atoms with Gasteiger partial charge >= 0.3 is 5.97 Å². The Kier molecular flexibility index (Phi) is 5.81. The molecule has 2 aromatic carbocycles. The number of nitrogens with zero attached hydrogens (tertiary/aromatic N) is 2. The number of ether oxygens (including phenoxy) is 1. The minimum absolute atomic E-state index is 0.140. The SMILES string of the molecule is COC(=O)c1ccc(Cn2cc(/C=C3\SC(=O)N(Cc4ccccc4)C3=O)c3ccccc32)o1. The van der Waals surface area contributed by atoms with E-state index < -0.39 is 5.97 Å². The molecule has 5 rings (SSSR count). The van der Waals surface area contributed by atoms with Crippen molar-refractivity contribution in [1.82, 2.24) is 9.47 Å². The molecule has 0 N–H and O–H groups in total. The molecular formula is C26H20N2O5S.